The van der Waals surface area contributed by atoms with E-state index in [0.717, 1.165) is 255 Å². The van der Waals surface area contributed by atoms with E-state index in [1.54, 1.807) is 7.11 Å². The SMILES string of the molecule is CCO[C@H]1C[C@H]2[C@@H](CC[C@@H]3[C@@H]2CC[C@]2(C)[C@@H](C(=O)CN4CCOCC4)CC[C@@H]32)C[C@]1(C)O.COC[C@@]1(O)CC[C@H]2[C@H](CC[C@@H]3[C@@H]2CC[C@]2(C)[C@@H](C(=O)CN4CCOCC4)CC[C@@H]32)C1.C[C@@]1(O)CC[C@@H]2[C@H]3CC[C@]4(C)[C@@H](C(=O)CN5CCOCC5)CC[C@H]4[C@@H]3C[C@@H](F)[C@@H]2C1.C[C@]12CC[C@H]3[C@@H](CC[C@H]4C[C@@](O)(CF)CC[C@@H]43)[C@@H]1CC[C@@H]2C(=O)CN1CCOCC1. The van der Waals surface area contributed by atoms with Gasteiger partial charge >= 0.3 is 0 Å². The maximum absolute atomic E-state index is 15.4. The molecule has 18 nitrogen and oxygen atoms in total. The molecular weight excluding hydrogens is 1560 g/mol. The van der Waals surface area contributed by atoms with Gasteiger partial charge in [0.1, 0.15) is 36.0 Å². The predicted molar refractivity (Wildman–Crippen MR) is 472 cm³/mol. The van der Waals surface area contributed by atoms with E-state index in [4.69, 9.17) is 28.4 Å². The molecule has 0 aromatic carbocycles. The van der Waals surface area contributed by atoms with Crippen molar-refractivity contribution in [3.63, 3.8) is 0 Å². The third-order valence-electron chi connectivity index (χ3n) is 41.3. The van der Waals surface area contributed by atoms with Gasteiger partial charge in [0.25, 0.3) is 0 Å². The second-order valence-corrected chi connectivity index (χ2v) is 47.4. The largest absolute Gasteiger partial charge is 0.390 e. The van der Waals surface area contributed by atoms with Gasteiger partial charge in [-0.15, -0.1) is 0 Å². The zero-order valence-corrected chi connectivity index (χ0v) is 77.7. The Morgan fingerprint density at radius 2 is 0.683 bits per heavy atom. The Morgan fingerprint density at radius 3 is 1.06 bits per heavy atom. The van der Waals surface area contributed by atoms with Crippen molar-refractivity contribution < 1.29 is 76.8 Å². The molecule has 0 spiro atoms. The van der Waals surface area contributed by atoms with Crippen LogP contribution < -0.4 is 0 Å². The molecule has 20 rings (SSSR count). The molecule has 0 bridgehead atoms. The summed E-state index contributed by atoms with van der Waals surface area (Å²) in [5, 5.41) is 43.0. The van der Waals surface area contributed by atoms with Crippen molar-refractivity contribution in [1.29, 1.82) is 0 Å². The van der Waals surface area contributed by atoms with Gasteiger partial charge in [-0.1, -0.05) is 27.7 Å². The molecule has 0 radical (unpaired) electrons. The number of carbonyl (C=O) groups is 4. The van der Waals surface area contributed by atoms with E-state index in [9.17, 15) is 44.0 Å². The molecule has 20 fully saturated rings. The molecule has 16 saturated carbocycles. The topological polar surface area (TPSA) is 218 Å². The van der Waals surface area contributed by atoms with E-state index in [0.29, 0.717) is 153 Å². The first-order valence-corrected chi connectivity index (χ1v) is 51.5. The fourth-order valence-electron chi connectivity index (χ4n) is 35.4. The van der Waals surface area contributed by atoms with Crippen molar-refractivity contribution in [3.05, 3.63) is 0 Å². The molecule has 0 unspecified atom stereocenters. The number of morpholine rings is 4. The lowest BCUT2D eigenvalue weighted by atomic mass is 9.48. The van der Waals surface area contributed by atoms with Gasteiger partial charge in [-0.25, -0.2) is 8.78 Å². The number of rotatable bonds is 17. The van der Waals surface area contributed by atoms with Crippen LogP contribution in [0.5, 0.6) is 0 Å². The highest BCUT2D eigenvalue weighted by molar-refractivity contribution is 5.86. The predicted octanol–water partition coefficient (Wildman–Crippen LogP) is 15.2. The summed E-state index contributed by atoms with van der Waals surface area (Å²) >= 11 is 0. The normalized spacial score (nSPS) is 49.5. The van der Waals surface area contributed by atoms with Gasteiger partial charge in [-0.05, 0) is 379 Å². The number of carbonyl (C=O) groups excluding carboxylic acids is 4. The second kappa shape index (κ2) is 38.2. The number of alkyl halides is 2. The number of Topliss-reactive ketones (excluding diaryl/α,β-unsaturated/α-hetero) is 4. The Balaban J connectivity index is 0.000000116. The quantitative estimate of drug-likeness (QED) is 0.106. The first-order valence-electron chi connectivity index (χ1n) is 51.5. The molecule has 123 heavy (non-hydrogen) atoms. The van der Waals surface area contributed by atoms with Crippen LogP contribution in [0, 0.1) is 164 Å². The first-order chi connectivity index (χ1) is 59.0. The lowest BCUT2D eigenvalue weighted by Crippen LogP contribution is -2.56. The Bertz CT molecular complexity index is 3570. The number of ether oxygens (including phenoxy) is 6. The fraction of sp³-hybridized carbons (Fsp3) is 0.961. The third-order valence-corrected chi connectivity index (χ3v) is 41.3. The number of methoxy groups -OCH3 is 1. The number of fused-ring (bicyclic) bond motifs is 20. The Hall–Kier alpha value is -2.02. The van der Waals surface area contributed by atoms with Gasteiger partial charge in [0.15, 0.2) is 0 Å². The lowest BCUT2D eigenvalue weighted by molar-refractivity contribution is -0.172. The molecule has 20 aliphatic rings. The minimum absolute atomic E-state index is 0.0211. The maximum atomic E-state index is 15.4. The van der Waals surface area contributed by atoms with Crippen LogP contribution in [0.4, 0.5) is 8.78 Å². The highest BCUT2D eigenvalue weighted by Crippen LogP contribution is 2.70. The smallest absolute Gasteiger partial charge is 0.150 e. The van der Waals surface area contributed by atoms with Crippen molar-refractivity contribution in [2.45, 2.75) is 301 Å². The minimum Gasteiger partial charge on any atom is -0.390 e. The van der Waals surface area contributed by atoms with Crippen molar-refractivity contribution in [3.8, 4) is 0 Å². The van der Waals surface area contributed by atoms with Crippen molar-refractivity contribution in [2.75, 3.05) is 158 Å². The molecule has 4 aliphatic heterocycles. The van der Waals surface area contributed by atoms with Crippen LogP contribution in [0.3, 0.4) is 0 Å². The summed E-state index contributed by atoms with van der Waals surface area (Å²) < 4.78 is 62.0. The van der Waals surface area contributed by atoms with E-state index in [1.165, 1.54) is 89.9 Å². The van der Waals surface area contributed by atoms with E-state index in [2.05, 4.69) is 47.3 Å². The highest BCUT2D eigenvalue weighted by atomic mass is 19.1. The van der Waals surface area contributed by atoms with Crippen LogP contribution in [0.25, 0.3) is 0 Å². The van der Waals surface area contributed by atoms with E-state index in [1.807, 2.05) is 20.8 Å². The molecule has 0 aromatic rings. The van der Waals surface area contributed by atoms with Gasteiger partial charge in [0, 0.05) is 89.7 Å². The molecule has 0 aromatic heterocycles. The molecule has 34 atom stereocenters. The minimum atomic E-state index is -1.05. The summed E-state index contributed by atoms with van der Waals surface area (Å²) in [7, 11) is 1.71. The maximum Gasteiger partial charge on any atom is 0.150 e. The zero-order chi connectivity index (χ0) is 86.2. The Labute approximate surface area is 739 Å². The molecule has 16 aliphatic carbocycles. The second-order valence-electron chi connectivity index (χ2n) is 47.4. The van der Waals surface area contributed by atoms with Gasteiger partial charge in [0.2, 0.25) is 0 Å². The van der Waals surface area contributed by atoms with Gasteiger partial charge < -0.3 is 48.8 Å². The van der Waals surface area contributed by atoms with Gasteiger partial charge in [-0.2, -0.15) is 0 Å². The average molecular weight is 1720 g/mol. The Morgan fingerprint density at radius 1 is 0.358 bits per heavy atom. The summed E-state index contributed by atoms with van der Waals surface area (Å²) in [5.74, 6) is 15.5. The van der Waals surface area contributed by atoms with Crippen LogP contribution >= 0.6 is 0 Å². The molecule has 698 valence electrons. The Kier molecular flexibility index (Phi) is 28.8. The van der Waals surface area contributed by atoms with Crippen LogP contribution in [0.15, 0.2) is 0 Å². The molecule has 0 amide bonds. The number of hydrogen-bond acceptors (Lipinski definition) is 18. The van der Waals surface area contributed by atoms with Crippen molar-refractivity contribution >= 4 is 23.1 Å². The number of hydrogen-bond donors (Lipinski definition) is 4. The average Bonchev–Trinajstić information content (AvgIpc) is 1.65. The molecular formula is C103H168F2N4O14. The fourth-order valence-corrected chi connectivity index (χ4v) is 35.4. The molecule has 4 N–H and O–H groups in total. The summed E-state index contributed by atoms with van der Waals surface area (Å²) in [6, 6.07) is 0. The van der Waals surface area contributed by atoms with Crippen molar-refractivity contribution in [2.24, 2.45) is 164 Å². The van der Waals surface area contributed by atoms with Crippen LogP contribution in [0.2, 0.25) is 0 Å². The third kappa shape index (κ3) is 18.7. The van der Waals surface area contributed by atoms with Gasteiger partial charge in [-0.3, -0.25) is 38.8 Å². The number of aliphatic hydroxyl groups is 4. The molecule has 4 saturated heterocycles. The van der Waals surface area contributed by atoms with E-state index in [-0.39, 0.29) is 57.4 Å². The van der Waals surface area contributed by atoms with E-state index < -0.39 is 35.3 Å². The zero-order valence-electron chi connectivity index (χ0n) is 77.7. The highest BCUT2D eigenvalue weighted by Gasteiger charge is 2.66. The monoisotopic (exact) mass is 1720 g/mol. The number of ketones is 4. The number of nitrogens with zero attached hydrogens (tertiary/aromatic N) is 4. The summed E-state index contributed by atoms with van der Waals surface area (Å²) in [6.45, 7) is 31.8. The van der Waals surface area contributed by atoms with Gasteiger partial charge in [0.05, 0.1) is 114 Å². The van der Waals surface area contributed by atoms with Crippen LogP contribution in [-0.2, 0) is 47.6 Å². The number of halogens is 2. The summed E-state index contributed by atoms with van der Waals surface area (Å²) in [4.78, 5) is 62.6. The first kappa shape index (κ1) is 92.8. The van der Waals surface area contributed by atoms with Crippen molar-refractivity contribution in [1.82, 2.24) is 19.6 Å². The van der Waals surface area contributed by atoms with Crippen LogP contribution in [-0.4, -0.2) is 256 Å². The summed E-state index contributed by atoms with van der Waals surface area (Å²) in [6.07, 6.45) is 35.7. The lowest BCUT2D eigenvalue weighted by Gasteiger charge is -2.58. The molecule has 4 heterocycles. The van der Waals surface area contributed by atoms with E-state index >= 15 is 4.39 Å². The van der Waals surface area contributed by atoms with Crippen LogP contribution in [0.1, 0.15) is 267 Å². The molecule has 20 heteroatoms. The summed E-state index contributed by atoms with van der Waals surface area (Å²) in [5.41, 5.74) is -2.40. The standard InChI is InChI=1S/C27H45NO4.C26H43NO4.2C25H40FNO3/c1-4-32-25-15-21-18(16-27(25,3)30)5-6-20-19(21)9-10-26(2)22(20)7-8-23(26)24(29)17-28-11-13-31-14-12-28;1-25-9-7-20-19-8-10-26(29,17-30-2)15-18(19)3-4-21(20)22(25)5-6-23(25)24(28)16-27-11-13-31-14-12-27;1-24(29)7-5-17-16-6-8-25(2)20(18(16)13-22(26)19(17)14-24)3-4-21(25)23(28)15-27-9-11-30-12-10-27;1-24-8-6-19-18-7-9-25(29,16-26)14-17(18)2-3-20(19)21(24)4-5-22(24)23(28)15-27-10-12-30-13-11-27/h18-23,25,30H,4-17H2,1-3H3;18-23,29H,3-17H2,1-2H3;16-22,29H,3-15H2,1-2H3;17-22,29H,2-16H2,1H3/t18-,19-,20+,21-,22-,23+,25-,26-,27-;18-,19+,20-,21-,22+,23-,25+,26-;16-,17-,18-,19-,20+,21-,22-,24-,25+;17-,18-,19+,20+,21-,22+,24-,25+/m0110/s1.